The summed E-state index contributed by atoms with van der Waals surface area (Å²) in [5.74, 6) is -1.62. The van der Waals surface area contributed by atoms with Crippen molar-refractivity contribution in [2.75, 3.05) is 14.2 Å². The molecule has 0 aromatic carbocycles. The minimum atomic E-state index is -1.48. The van der Waals surface area contributed by atoms with Crippen molar-refractivity contribution in [2.24, 2.45) is 0 Å². The first-order chi connectivity index (χ1) is 10.9. The lowest BCUT2D eigenvalue weighted by molar-refractivity contribution is -0.0982. The average Bonchev–Trinajstić information content (AvgIpc) is 2.51. The molecule has 24 heavy (non-hydrogen) atoms. The highest BCUT2D eigenvalue weighted by atomic mass is 16.6. The normalized spacial score (nSPS) is 11.8. The molecule has 2 N–H and O–H groups in total. The van der Waals surface area contributed by atoms with Gasteiger partial charge in [-0.05, 0) is 33.8 Å². The van der Waals surface area contributed by atoms with E-state index in [1.54, 1.807) is 13.8 Å². The van der Waals surface area contributed by atoms with Crippen LogP contribution in [0.15, 0.2) is 12.3 Å². The lowest BCUT2D eigenvalue weighted by atomic mass is 9.76. The van der Waals surface area contributed by atoms with Gasteiger partial charge in [0.15, 0.2) is 5.69 Å². The molecule has 1 heterocycles. The summed E-state index contributed by atoms with van der Waals surface area (Å²) in [5.41, 5.74) is -2.61. The lowest BCUT2D eigenvalue weighted by Crippen LogP contribution is -2.53. The Hall–Kier alpha value is -1.97. The van der Waals surface area contributed by atoms with Crippen molar-refractivity contribution in [2.45, 2.75) is 38.9 Å². The van der Waals surface area contributed by atoms with E-state index in [1.807, 2.05) is 0 Å². The van der Waals surface area contributed by atoms with Crippen LogP contribution in [0.2, 0.25) is 0 Å². The summed E-state index contributed by atoms with van der Waals surface area (Å²) in [7, 11) is 0.831. The molecule has 1 rings (SSSR count). The molecule has 0 aliphatic rings. The number of pyridine rings is 1. The fourth-order valence-electron chi connectivity index (χ4n) is 1.63. The minimum absolute atomic E-state index is 0.125. The maximum Gasteiger partial charge on any atom is 0.493 e. The van der Waals surface area contributed by atoms with E-state index in [0.717, 1.165) is 14.2 Å². The van der Waals surface area contributed by atoms with Gasteiger partial charge in [-0.25, -0.2) is 14.6 Å². The lowest BCUT2D eigenvalue weighted by Gasteiger charge is -2.38. The summed E-state index contributed by atoms with van der Waals surface area (Å²) in [4.78, 5) is 27.4. The first-order valence-corrected chi connectivity index (χ1v) is 7.19. The number of methoxy groups -OCH3 is 2. The van der Waals surface area contributed by atoms with Crippen LogP contribution in [0.5, 0.6) is 0 Å². The first kappa shape index (κ1) is 20.1. The minimum Gasteiger partial charge on any atom is -0.465 e. The number of rotatable bonds is 6. The van der Waals surface area contributed by atoms with Gasteiger partial charge in [0.2, 0.25) is 0 Å². The van der Waals surface area contributed by atoms with Crippen LogP contribution < -0.4 is 5.46 Å². The highest BCUT2D eigenvalue weighted by Crippen LogP contribution is 2.25. The van der Waals surface area contributed by atoms with Crippen LogP contribution >= 0.6 is 0 Å². The standard InChI is InChI=1S/C15H22BNO7/c1-14(2,20)15(3,4)24-16(21)9-7-10(12(18)22-5)11(17-8-9)13(19)23-6/h7-8,20-21H,1-6H3. The Morgan fingerprint density at radius 2 is 1.67 bits per heavy atom. The topological polar surface area (TPSA) is 115 Å². The second-order valence-corrected chi connectivity index (χ2v) is 6.19. The Bertz CT molecular complexity index is 625. The zero-order valence-electron chi connectivity index (χ0n) is 14.6. The molecule has 0 saturated carbocycles. The van der Waals surface area contributed by atoms with Gasteiger partial charge in [-0.15, -0.1) is 0 Å². The zero-order chi connectivity index (χ0) is 18.7. The number of hydrogen-bond acceptors (Lipinski definition) is 8. The van der Waals surface area contributed by atoms with E-state index >= 15 is 0 Å². The number of aromatic nitrogens is 1. The van der Waals surface area contributed by atoms with Gasteiger partial charge in [0.1, 0.15) is 0 Å². The van der Waals surface area contributed by atoms with E-state index in [1.165, 1.54) is 26.1 Å². The van der Waals surface area contributed by atoms with Gasteiger partial charge in [0.25, 0.3) is 0 Å². The number of carbonyl (C=O) groups is 2. The number of ether oxygens (including phenoxy) is 2. The molecule has 0 atom stereocenters. The fraction of sp³-hybridized carbons (Fsp3) is 0.533. The Morgan fingerprint density at radius 3 is 2.12 bits per heavy atom. The molecule has 132 valence electrons. The molecular weight excluding hydrogens is 317 g/mol. The van der Waals surface area contributed by atoms with Crippen molar-refractivity contribution < 1.29 is 33.8 Å². The molecule has 0 aliphatic heterocycles. The second-order valence-electron chi connectivity index (χ2n) is 6.19. The van der Waals surface area contributed by atoms with E-state index in [2.05, 4.69) is 14.5 Å². The number of carbonyl (C=O) groups excluding carboxylic acids is 2. The van der Waals surface area contributed by atoms with Crippen LogP contribution in [0.3, 0.4) is 0 Å². The van der Waals surface area contributed by atoms with Crippen LogP contribution in [0.1, 0.15) is 48.5 Å². The summed E-state index contributed by atoms with van der Waals surface area (Å²) in [5, 5.41) is 20.3. The number of nitrogens with zero attached hydrogens (tertiary/aromatic N) is 1. The maximum atomic E-state index is 11.8. The highest BCUT2D eigenvalue weighted by molar-refractivity contribution is 6.60. The number of hydrogen-bond donors (Lipinski definition) is 2. The SMILES string of the molecule is COC(=O)c1cc(B(O)OC(C)(C)C(C)(C)O)cnc1C(=O)OC. The predicted octanol–water partition coefficient (Wildman–Crippen LogP) is -0.0916. The van der Waals surface area contributed by atoms with Crippen molar-refractivity contribution in [3.8, 4) is 0 Å². The molecule has 0 radical (unpaired) electrons. The Balaban J connectivity index is 3.22. The van der Waals surface area contributed by atoms with Crippen LogP contribution in [0, 0.1) is 0 Å². The van der Waals surface area contributed by atoms with E-state index in [0.29, 0.717) is 0 Å². The predicted molar refractivity (Wildman–Crippen MR) is 86.0 cm³/mol. The molecule has 0 amide bonds. The molecule has 1 aromatic heterocycles. The third-order valence-electron chi connectivity index (χ3n) is 3.86. The molecule has 0 aliphatic carbocycles. The van der Waals surface area contributed by atoms with Gasteiger partial charge in [0.05, 0.1) is 31.0 Å². The summed E-state index contributed by atoms with van der Waals surface area (Å²) in [6.45, 7) is 6.29. The quantitative estimate of drug-likeness (QED) is 0.546. The highest BCUT2D eigenvalue weighted by Gasteiger charge is 2.40. The van der Waals surface area contributed by atoms with Crippen LogP contribution in [0.4, 0.5) is 0 Å². The van der Waals surface area contributed by atoms with Gasteiger partial charge in [-0.2, -0.15) is 0 Å². The Kier molecular flexibility index (Phi) is 6.10. The molecule has 1 aromatic rings. The van der Waals surface area contributed by atoms with Gasteiger partial charge in [-0.3, -0.25) is 0 Å². The van der Waals surface area contributed by atoms with Crippen molar-refractivity contribution in [1.82, 2.24) is 4.98 Å². The smallest absolute Gasteiger partial charge is 0.465 e. The van der Waals surface area contributed by atoms with Crippen molar-refractivity contribution in [3.63, 3.8) is 0 Å². The van der Waals surface area contributed by atoms with Gasteiger partial charge >= 0.3 is 19.1 Å². The molecule has 8 nitrogen and oxygen atoms in total. The van der Waals surface area contributed by atoms with Gasteiger partial charge < -0.3 is 24.3 Å². The molecule has 0 saturated heterocycles. The molecule has 0 spiro atoms. The third-order valence-corrected chi connectivity index (χ3v) is 3.86. The van der Waals surface area contributed by atoms with E-state index in [9.17, 15) is 19.7 Å². The molecular formula is C15H22BNO7. The maximum absolute atomic E-state index is 11.8. The summed E-state index contributed by atoms with van der Waals surface area (Å²) in [6.07, 6.45) is 1.18. The largest absolute Gasteiger partial charge is 0.493 e. The molecule has 0 bridgehead atoms. The van der Waals surface area contributed by atoms with Crippen LogP contribution in [-0.4, -0.2) is 59.6 Å². The first-order valence-electron chi connectivity index (χ1n) is 7.19. The Labute approximate surface area is 140 Å². The average molecular weight is 339 g/mol. The van der Waals surface area contributed by atoms with Gasteiger partial charge in [0, 0.05) is 11.7 Å². The molecule has 0 fully saturated rings. The Morgan fingerprint density at radius 1 is 1.12 bits per heavy atom. The van der Waals surface area contributed by atoms with Crippen molar-refractivity contribution in [3.05, 3.63) is 23.5 Å². The fourth-order valence-corrected chi connectivity index (χ4v) is 1.63. The van der Waals surface area contributed by atoms with E-state index in [4.69, 9.17) is 4.65 Å². The summed E-state index contributed by atoms with van der Waals surface area (Å²) >= 11 is 0. The monoisotopic (exact) mass is 339 g/mol. The van der Waals surface area contributed by atoms with Gasteiger partial charge in [-0.1, -0.05) is 0 Å². The van der Waals surface area contributed by atoms with Crippen LogP contribution in [-0.2, 0) is 14.1 Å². The van der Waals surface area contributed by atoms with Crippen molar-refractivity contribution >= 4 is 24.5 Å². The third kappa shape index (κ3) is 4.31. The summed E-state index contributed by atoms with van der Waals surface area (Å²) < 4.78 is 14.7. The molecule has 0 unspecified atom stereocenters. The summed E-state index contributed by atoms with van der Waals surface area (Å²) in [6, 6.07) is 1.23. The van der Waals surface area contributed by atoms with E-state index < -0.39 is 30.3 Å². The molecule has 9 heteroatoms. The van der Waals surface area contributed by atoms with E-state index in [-0.39, 0.29) is 16.7 Å². The zero-order valence-corrected chi connectivity index (χ0v) is 14.6. The second kappa shape index (κ2) is 7.29. The number of aliphatic hydroxyl groups is 1. The van der Waals surface area contributed by atoms with Crippen LogP contribution in [0.25, 0.3) is 0 Å². The van der Waals surface area contributed by atoms with Crippen molar-refractivity contribution in [1.29, 1.82) is 0 Å². The number of esters is 2.